The Morgan fingerprint density at radius 1 is 1.36 bits per heavy atom. The van der Waals surface area contributed by atoms with Crippen LogP contribution < -0.4 is 10.6 Å². The number of nitrogens with zero attached hydrogens (tertiary/aromatic N) is 2. The zero-order chi connectivity index (χ0) is 16.8. The summed E-state index contributed by atoms with van der Waals surface area (Å²) in [6.45, 7) is 9.09. The SMILES string of the molecule is Cc1noc(CCCNC(=O)[C@@H](C)NC(=O)OC(C)(C)C)n1. The van der Waals surface area contributed by atoms with Crippen molar-refractivity contribution in [2.45, 2.75) is 59.1 Å². The van der Waals surface area contributed by atoms with E-state index in [2.05, 4.69) is 20.8 Å². The number of ether oxygens (including phenoxy) is 1. The molecule has 0 aliphatic heterocycles. The lowest BCUT2D eigenvalue weighted by atomic mass is 10.2. The van der Waals surface area contributed by atoms with Gasteiger partial charge in [0.2, 0.25) is 11.8 Å². The number of aryl methyl sites for hydroxylation is 2. The lowest BCUT2D eigenvalue weighted by Gasteiger charge is -2.21. The number of hydrogen-bond donors (Lipinski definition) is 2. The average Bonchev–Trinajstić information content (AvgIpc) is 2.77. The summed E-state index contributed by atoms with van der Waals surface area (Å²) in [5.74, 6) is 0.869. The Bertz CT molecular complexity index is 507. The van der Waals surface area contributed by atoms with Crippen molar-refractivity contribution in [1.29, 1.82) is 0 Å². The van der Waals surface area contributed by atoms with Gasteiger partial charge in [0.25, 0.3) is 0 Å². The second-order valence-electron chi connectivity index (χ2n) is 6.00. The van der Waals surface area contributed by atoms with Crippen molar-refractivity contribution >= 4 is 12.0 Å². The summed E-state index contributed by atoms with van der Waals surface area (Å²) in [5, 5.41) is 8.90. The van der Waals surface area contributed by atoms with E-state index in [1.807, 2.05) is 0 Å². The average molecular weight is 312 g/mol. The third-order valence-electron chi connectivity index (χ3n) is 2.56. The minimum absolute atomic E-state index is 0.271. The van der Waals surface area contributed by atoms with Gasteiger partial charge in [0.05, 0.1) is 0 Å². The molecule has 0 unspecified atom stereocenters. The van der Waals surface area contributed by atoms with Crippen molar-refractivity contribution in [3.8, 4) is 0 Å². The zero-order valence-corrected chi connectivity index (χ0v) is 13.7. The molecule has 22 heavy (non-hydrogen) atoms. The molecule has 0 saturated heterocycles. The van der Waals surface area contributed by atoms with Crippen LogP contribution in [0.15, 0.2) is 4.52 Å². The first kappa shape index (κ1) is 17.9. The van der Waals surface area contributed by atoms with Crippen molar-refractivity contribution in [3.63, 3.8) is 0 Å². The lowest BCUT2D eigenvalue weighted by Crippen LogP contribution is -2.46. The summed E-state index contributed by atoms with van der Waals surface area (Å²) < 4.78 is 10.1. The maximum absolute atomic E-state index is 11.8. The second kappa shape index (κ2) is 7.77. The highest BCUT2D eigenvalue weighted by molar-refractivity contribution is 5.85. The summed E-state index contributed by atoms with van der Waals surface area (Å²) >= 11 is 0. The van der Waals surface area contributed by atoms with Crippen molar-refractivity contribution < 1.29 is 18.8 Å². The fourth-order valence-electron chi connectivity index (χ4n) is 1.60. The lowest BCUT2D eigenvalue weighted by molar-refractivity contribution is -0.122. The predicted octanol–water partition coefficient (Wildman–Crippen LogP) is 1.34. The maximum atomic E-state index is 11.8. The van der Waals surface area contributed by atoms with E-state index in [1.165, 1.54) is 0 Å². The van der Waals surface area contributed by atoms with Crippen LogP contribution in [0.4, 0.5) is 4.79 Å². The van der Waals surface area contributed by atoms with Crippen LogP contribution in [0.2, 0.25) is 0 Å². The molecule has 2 amide bonds. The Labute approximate surface area is 130 Å². The second-order valence-corrected chi connectivity index (χ2v) is 6.00. The fourth-order valence-corrected chi connectivity index (χ4v) is 1.60. The Kier molecular flexibility index (Phi) is 6.33. The van der Waals surface area contributed by atoms with Crippen molar-refractivity contribution in [2.24, 2.45) is 0 Å². The van der Waals surface area contributed by atoms with Gasteiger partial charge < -0.3 is 19.9 Å². The Morgan fingerprint density at radius 2 is 2.05 bits per heavy atom. The number of carbonyl (C=O) groups excluding carboxylic acids is 2. The van der Waals surface area contributed by atoms with Gasteiger partial charge in [-0.3, -0.25) is 4.79 Å². The standard InChI is InChI=1S/C14H24N4O4/c1-9(16-13(20)21-14(3,4)5)12(19)15-8-6-7-11-17-10(2)18-22-11/h9H,6-8H2,1-5H3,(H,15,19)(H,16,20)/t9-/m1/s1. The molecule has 8 nitrogen and oxygen atoms in total. The number of aromatic nitrogens is 2. The minimum atomic E-state index is -0.666. The van der Waals surface area contributed by atoms with Gasteiger partial charge in [-0.15, -0.1) is 0 Å². The minimum Gasteiger partial charge on any atom is -0.444 e. The normalized spacial score (nSPS) is 12.6. The molecule has 1 aromatic rings. The van der Waals surface area contributed by atoms with E-state index in [9.17, 15) is 9.59 Å². The van der Waals surface area contributed by atoms with Crippen LogP contribution in [0.25, 0.3) is 0 Å². The van der Waals surface area contributed by atoms with Gasteiger partial charge in [0, 0.05) is 13.0 Å². The number of alkyl carbamates (subject to hydrolysis) is 1. The van der Waals surface area contributed by atoms with Crippen LogP contribution in [0.1, 0.15) is 45.8 Å². The van der Waals surface area contributed by atoms with Crippen LogP contribution in [0, 0.1) is 6.92 Å². The molecule has 0 saturated carbocycles. The molecule has 8 heteroatoms. The highest BCUT2D eigenvalue weighted by atomic mass is 16.6. The van der Waals surface area contributed by atoms with Crippen LogP contribution in [-0.2, 0) is 16.0 Å². The van der Waals surface area contributed by atoms with Gasteiger partial charge >= 0.3 is 6.09 Å². The van der Waals surface area contributed by atoms with E-state index in [0.29, 0.717) is 31.1 Å². The van der Waals surface area contributed by atoms with Crippen molar-refractivity contribution in [3.05, 3.63) is 11.7 Å². The quantitative estimate of drug-likeness (QED) is 0.768. The summed E-state index contributed by atoms with van der Waals surface area (Å²) in [7, 11) is 0. The largest absolute Gasteiger partial charge is 0.444 e. The molecule has 0 bridgehead atoms. The maximum Gasteiger partial charge on any atom is 0.408 e. The topological polar surface area (TPSA) is 106 Å². The molecular weight excluding hydrogens is 288 g/mol. The van der Waals surface area contributed by atoms with Crippen LogP contribution in [0.3, 0.4) is 0 Å². The van der Waals surface area contributed by atoms with E-state index >= 15 is 0 Å². The molecule has 1 aromatic heterocycles. The van der Waals surface area contributed by atoms with Gasteiger partial charge in [-0.25, -0.2) is 4.79 Å². The summed E-state index contributed by atoms with van der Waals surface area (Å²) in [6, 6.07) is -0.666. The first-order valence-corrected chi connectivity index (χ1v) is 7.24. The van der Waals surface area contributed by atoms with E-state index in [-0.39, 0.29) is 5.91 Å². The van der Waals surface area contributed by atoms with E-state index < -0.39 is 17.7 Å². The number of nitrogens with one attached hydrogen (secondary N) is 2. The smallest absolute Gasteiger partial charge is 0.408 e. The number of hydrogen-bond acceptors (Lipinski definition) is 6. The first-order valence-electron chi connectivity index (χ1n) is 7.24. The Morgan fingerprint density at radius 3 is 2.59 bits per heavy atom. The molecule has 1 rings (SSSR count). The van der Waals surface area contributed by atoms with Gasteiger partial charge in [-0.1, -0.05) is 5.16 Å². The van der Waals surface area contributed by atoms with E-state index in [1.54, 1.807) is 34.6 Å². The summed E-state index contributed by atoms with van der Waals surface area (Å²) in [4.78, 5) is 27.4. The Balaban J connectivity index is 2.22. The van der Waals surface area contributed by atoms with E-state index in [4.69, 9.17) is 9.26 Å². The van der Waals surface area contributed by atoms with Crippen molar-refractivity contribution in [1.82, 2.24) is 20.8 Å². The number of carbonyl (C=O) groups is 2. The van der Waals surface area contributed by atoms with Gasteiger partial charge in [0.15, 0.2) is 5.82 Å². The molecule has 1 atom stereocenters. The first-order chi connectivity index (χ1) is 10.2. The zero-order valence-electron chi connectivity index (χ0n) is 13.7. The van der Waals surface area contributed by atoms with Crippen LogP contribution in [0.5, 0.6) is 0 Å². The third kappa shape index (κ3) is 7.05. The van der Waals surface area contributed by atoms with Gasteiger partial charge in [0.1, 0.15) is 11.6 Å². The summed E-state index contributed by atoms with van der Waals surface area (Å²) in [5.41, 5.74) is -0.595. The van der Waals surface area contributed by atoms with Gasteiger partial charge in [-0.05, 0) is 41.0 Å². The Hall–Kier alpha value is -2.12. The predicted molar refractivity (Wildman–Crippen MR) is 79.2 cm³/mol. The number of amides is 2. The molecule has 0 aliphatic carbocycles. The van der Waals surface area contributed by atoms with Crippen LogP contribution >= 0.6 is 0 Å². The third-order valence-corrected chi connectivity index (χ3v) is 2.56. The molecule has 0 fully saturated rings. The molecule has 0 aliphatic rings. The van der Waals surface area contributed by atoms with Crippen LogP contribution in [-0.4, -0.2) is 40.3 Å². The van der Waals surface area contributed by atoms with E-state index in [0.717, 1.165) is 0 Å². The number of rotatable bonds is 6. The fraction of sp³-hybridized carbons (Fsp3) is 0.714. The molecule has 0 spiro atoms. The molecule has 1 heterocycles. The molecule has 0 radical (unpaired) electrons. The highest BCUT2D eigenvalue weighted by Gasteiger charge is 2.20. The molecule has 124 valence electrons. The van der Waals surface area contributed by atoms with Crippen molar-refractivity contribution in [2.75, 3.05) is 6.54 Å². The molecular formula is C14H24N4O4. The highest BCUT2D eigenvalue weighted by Crippen LogP contribution is 2.06. The summed E-state index contributed by atoms with van der Waals surface area (Å²) in [6.07, 6.45) is 0.651. The van der Waals surface area contributed by atoms with Gasteiger partial charge in [-0.2, -0.15) is 4.98 Å². The monoisotopic (exact) mass is 312 g/mol. The molecule has 2 N–H and O–H groups in total. The molecule has 0 aromatic carbocycles.